The van der Waals surface area contributed by atoms with E-state index in [-0.39, 0.29) is 5.97 Å². The van der Waals surface area contributed by atoms with E-state index in [1.54, 1.807) is 0 Å². The highest BCUT2D eigenvalue weighted by molar-refractivity contribution is 7.80. The summed E-state index contributed by atoms with van der Waals surface area (Å²) in [5, 5.41) is 4.64. The van der Waals surface area contributed by atoms with Gasteiger partial charge in [-0.3, -0.25) is 0 Å². The first-order valence-electron chi connectivity index (χ1n) is 8.44. The summed E-state index contributed by atoms with van der Waals surface area (Å²) in [6.45, 7) is 6.04. The molecule has 2 aromatic rings. The Morgan fingerprint density at radius 1 is 1.20 bits per heavy atom. The molecule has 0 aliphatic carbocycles. The Morgan fingerprint density at radius 3 is 2.40 bits per heavy atom. The van der Waals surface area contributed by atoms with Gasteiger partial charge in [0.1, 0.15) is 5.00 Å². The van der Waals surface area contributed by atoms with E-state index in [9.17, 15) is 4.79 Å². The van der Waals surface area contributed by atoms with Gasteiger partial charge in [-0.2, -0.15) is 0 Å². The van der Waals surface area contributed by atoms with Crippen LogP contribution in [0.1, 0.15) is 37.0 Å². The predicted molar refractivity (Wildman–Crippen MR) is 109 cm³/mol. The topological polar surface area (TPSA) is 41.6 Å². The number of carbonyl (C=O) groups excluding carboxylic acids is 1. The highest BCUT2D eigenvalue weighted by Gasteiger charge is 2.19. The number of thiophene rings is 1. The Labute approximate surface area is 158 Å². The van der Waals surface area contributed by atoms with Gasteiger partial charge >= 0.3 is 5.97 Å². The molecule has 0 aliphatic rings. The number of benzene rings is 1. The summed E-state index contributed by atoms with van der Waals surface area (Å²) >= 11 is 7.08. The van der Waals surface area contributed by atoms with Gasteiger partial charge in [-0.1, -0.05) is 44.2 Å². The summed E-state index contributed by atoms with van der Waals surface area (Å²) in [5.41, 5.74) is 1.58. The number of anilines is 1. The van der Waals surface area contributed by atoms with Gasteiger partial charge in [-0.05, 0) is 36.7 Å². The van der Waals surface area contributed by atoms with Gasteiger partial charge in [0.2, 0.25) is 0 Å². The molecule has 0 unspecified atom stereocenters. The van der Waals surface area contributed by atoms with Crippen molar-refractivity contribution in [2.75, 3.05) is 25.5 Å². The minimum atomic E-state index is -0.360. The van der Waals surface area contributed by atoms with Crippen LogP contribution in [0.3, 0.4) is 0 Å². The Bertz CT molecular complexity index is 707. The van der Waals surface area contributed by atoms with Crippen LogP contribution in [-0.4, -0.2) is 36.2 Å². The number of hydrogen-bond donors (Lipinski definition) is 1. The van der Waals surface area contributed by atoms with E-state index in [4.69, 9.17) is 17.0 Å². The number of methoxy groups -OCH3 is 1. The van der Waals surface area contributed by atoms with Crippen LogP contribution < -0.4 is 5.32 Å². The van der Waals surface area contributed by atoms with Crippen LogP contribution in [0.4, 0.5) is 5.00 Å². The van der Waals surface area contributed by atoms with Gasteiger partial charge in [0, 0.05) is 18.0 Å². The van der Waals surface area contributed by atoms with Crippen molar-refractivity contribution in [3.8, 4) is 10.4 Å². The summed E-state index contributed by atoms with van der Waals surface area (Å²) in [6, 6.07) is 11.8. The highest BCUT2D eigenvalue weighted by atomic mass is 32.1. The van der Waals surface area contributed by atoms with E-state index in [0.29, 0.717) is 10.7 Å². The highest BCUT2D eigenvalue weighted by Crippen LogP contribution is 2.36. The first-order chi connectivity index (χ1) is 12.1. The van der Waals surface area contributed by atoms with Crippen molar-refractivity contribution in [2.24, 2.45) is 0 Å². The maximum atomic E-state index is 12.2. The quantitative estimate of drug-likeness (QED) is 0.543. The van der Waals surface area contributed by atoms with Crippen LogP contribution in [0.25, 0.3) is 10.4 Å². The fourth-order valence-electron chi connectivity index (χ4n) is 2.52. The SMILES string of the molecule is CCCN(CCC)C(=S)Nc1sc(-c2ccccc2)cc1C(=O)OC. The standard InChI is InChI=1S/C19H24N2O2S2/c1-4-11-21(12-5-2)19(24)20-17-15(18(22)23-3)13-16(25-17)14-9-7-6-8-10-14/h6-10,13H,4-5,11-12H2,1-3H3,(H,20,24). The molecule has 0 bridgehead atoms. The van der Waals surface area contributed by atoms with Crippen molar-refractivity contribution in [3.63, 3.8) is 0 Å². The number of nitrogens with zero attached hydrogens (tertiary/aromatic N) is 1. The number of thiocarbonyl (C=S) groups is 1. The molecule has 1 heterocycles. The lowest BCUT2D eigenvalue weighted by molar-refractivity contribution is 0.0602. The van der Waals surface area contributed by atoms with Crippen LogP contribution in [-0.2, 0) is 4.74 Å². The molecule has 0 amide bonds. The first kappa shape index (κ1) is 19.4. The Morgan fingerprint density at radius 2 is 1.84 bits per heavy atom. The summed E-state index contributed by atoms with van der Waals surface area (Å²) < 4.78 is 4.93. The van der Waals surface area contributed by atoms with Gasteiger partial charge in [-0.25, -0.2) is 4.79 Å². The van der Waals surface area contributed by atoms with Gasteiger partial charge in [-0.15, -0.1) is 11.3 Å². The zero-order valence-corrected chi connectivity index (χ0v) is 16.5. The lowest BCUT2D eigenvalue weighted by Gasteiger charge is -2.24. The van der Waals surface area contributed by atoms with Crippen LogP contribution in [0.5, 0.6) is 0 Å². The predicted octanol–water partition coefficient (Wildman–Crippen LogP) is 5.02. The smallest absolute Gasteiger partial charge is 0.340 e. The third kappa shape index (κ3) is 5.03. The molecule has 0 atom stereocenters. The average Bonchev–Trinajstić information content (AvgIpc) is 3.05. The van der Waals surface area contributed by atoms with Crippen molar-refractivity contribution >= 4 is 39.6 Å². The normalized spacial score (nSPS) is 10.4. The van der Waals surface area contributed by atoms with Crippen molar-refractivity contribution in [1.29, 1.82) is 0 Å². The monoisotopic (exact) mass is 376 g/mol. The van der Waals surface area contributed by atoms with E-state index in [1.165, 1.54) is 18.4 Å². The molecule has 0 aliphatic heterocycles. The molecule has 0 radical (unpaired) electrons. The fraction of sp³-hybridized carbons (Fsp3) is 0.368. The molecule has 4 nitrogen and oxygen atoms in total. The molecule has 0 spiro atoms. The van der Waals surface area contributed by atoms with E-state index >= 15 is 0 Å². The zero-order valence-electron chi connectivity index (χ0n) is 14.9. The molecule has 6 heteroatoms. The maximum Gasteiger partial charge on any atom is 0.340 e. The molecule has 1 N–H and O–H groups in total. The van der Waals surface area contributed by atoms with Gasteiger partial charge < -0.3 is 15.0 Å². The minimum absolute atomic E-state index is 0.360. The summed E-state index contributed by atoms with van der Waals surface area (Å²) in [6.07, 6.45) is 2.04. The maximum absolute atomic E-state index is 12.2. The van der Waals surface area contributed by atoms with Crippen LogP contribution >= 0.6 is 23.6 Å². The lowest BCUT2D eigenvalue weighted by atomic mass is 10.1. The number of esters is 1. The number of carbonyl (C=O) groups is 1. The summed E-state index contributed by atoms with van der Waals surface area (Å²) in [4.78, 5) is 15.3. The van der Waals surface area contributed by atoms with Crippen molar-refractivity contribution in [3.05, 3.63) is 42.0 Å². The van der Waals surface area contributed by atoms with E-state index < -0.39 is 0 Å². The summed E-state index contributed by atoms with van der Waals surface area (Å²) in [7, 11) is 1.39. The largest absolute Gasteiger partial charge is 0.465 e. The van der Waals surface area contributed by atoms with Gasteiger partial charge in [0.05, 0.1) is 12.7 Å². The lowest BCUT2D eigenvalue weighted by Crippen LogP contribution is -2.36. The number of rotatable bonds is 7. The Kier molecular flexibility index (Phi) is 7.40. The number of hydrogen-bond acceptors (Lipinski definition) is 4. The van der Waals surface area contributed by atoms with Crippen LogP contribution in [0.2, 0.25) is 0 Å². The average molecular weight is 377 g/mol. The van der Waals surface area contributed by atoms with Crippen molar-refractivity contribution < 1.29 is 9.53 Å². The van der Waals surface area contributed by atoms with Crippen LogP contribution in [0, 0.1) is 0 Å². The first-order valence-corrected chi connectivity index (χ1v) is 9.66. The molecule has 1 aromatic heterocycles. The fourth-order valence-corrected chi connectivity index (χ4v) is 3.92. The summed E-state index contributed by atoms with van der Waals surface area (Å²) in [5.74, 6) is -0.360. The zero-order chi connectivity index (χ0) is 18.2. The Balaban J connectivity index is 2.30. The second-order valence-electron chi connectivity index (χ2n) is 5.63. The minimum Gasteiger partial charge on any atom is -0.465 e. The second kappa shape index (κ2) is 9.53. The molecule has 0 fully saturated rings. The third-order valence-electron chi connectivity index (χ3n) is 3.69. The molecule has 1 aromatic carbocycles. The Hall–Kier alpha value is -1.92. The molecule has 2 rings (SSSR count). The van der Waals surface area contributed by atoms with Gasteiger partial charge in [0.25, 0.3) is 0 Å². The van der Waals surface area contributed by atoms with Crippen molar-refractivity contribution in [1.82, 2.24) is 4.90 Å². The van der Waals surface area contributed by atoms with E-state index in [0.717, 1.165) is 41.4 Å². The third-order valence-corrected chi connectivity index (χ3v) is 5.15. The molecular weight excluding hydrogens is 352 g/mol. The second-order valence-corrected chi connectivity index (χ2v) is 7.07. The molecule has 0 saturated carbocycles. The number of nitrogens with one attached hydrogen (secondary N) is 1. The molecule has 0 saturated heterocycles. The van der Waals surface area contributed by atoms with Crippen LogP contribution in [0.15, 0.2) is 36.4 Å². The van der Waals surface area contributed by atoms with Crippen molar-refractivity contribution in [2.45, 2.75) is 26.7 Å². The van der Waals surface area contributed by atoms with E-state index in [2.05, 4.69) is 24.1 Å². The number of ether oxygens (including phenoxy) is 1. The molecular formula is C19H24N2O2S2. The molecule has 25 heavy (non-hydrogen) atoms. The van der Waals surface area contributed by atoms with Gasteiger partial charge in [0.15, 0.2) is 5.11 Å². The molecule has 134 valence electrons. The van der Waals surface area contributed by atoms with E-state index in [1.807, 2.05) is 36.4 Å².